The van der Waals surface area contributed by atoms with E-state index in [-0.39, 0.29) is 12.3 Å². The second-order valence-corrected chi connectivity index (χ2v) is 7.95. The van der Waals surface area contributed by atoms with Crippen molar-refractivity contribution in [2.75, 3.05) is 5.32 Å². The average Bonchev–Trinajstić information content (AvgIpc) is 3.22. The molecule has 7 heteroatoms. The molecular weight excluding hydrogens is 364 g/mol. The molecule has 0 unspecified atom stereocenters. The number of anilines is 1. The summed E-state index contributed by atoms with van der Waals surface area (Å²) in [6.07, 6.45) is 3.73. The van der Waals surface area contributed by atoms with Crippen molar-refractivity contribution in [3.63, 3.8) is 0 Å². The molecule has 0 aliphatic rings. The number of thiazole rings is 2. The minimum atomic E-state index is -0.110. The topological polar surface area (TPSA) is 67.8 Å². The summed E-state index contributed by atoms with van der Waals surface area (Å²) in [5, 5.41) is 6.30. The molecule has 26 heavy (non-hydrogen) atoms. The van der Waals surface area contributed by atoms with Crippen molar-refractivity contribution in [3.05, 3.63) is 58.9 Å². The summed E-state index contributed by atoms with van der Waals surface area (Å²) in [6, 6.07) is 8.03. The Bertz CT molecular complexity index is 1090. The number of fused-ring (bicyclic) bond motifs is 1. The first kappa shape index (κ1) is 16.8. The van der Waals surface area contributed by atoms with Crippen LogP contribution in [0.5, 0.6) is 0 Å². The molecule has 3 aromatic heterocycles. The largest absolute Gasteiger partial charge is 0.302 e. The van der Waals surface area contributed by atoms with Crippen LogP contribution < -0.4 is 5.32 Å². The average molecular weight is 380 g/mol. The van der Waals surface area contributed by atoms with E-state index in [0.29, 0.717) is 5.13 Å². The summed E-state index contributed by atoms with van der Waals surface area (Å²) in [5.41, 5.74) is 4.98. The minimum Gasteiger partial charge on any atom is -0.302 e. The highest BCUT2D eigenvalue weighted by Crippen LogP contribution is 2.29. The van der Waals surface area contributed by atoms with Gasteiger partial charge in [0.1, 0.15) is 5.01 Å². The lowest BCUT2D eigenvalue weighted by atomic mass is 10.1. The van der Waals surface area contributed by atoms with Gasteiger partial charge in [0.2, 0.25) is 5.91 Å². The second-order valence-electron chi connectivity index (χ2n) is 6.06. The molecule has 0 saturated heterocycles. The van der Waals surface area contributed by atoms with Crippen molar-refractivity contribution in [2.45, 2.75) is 20.3 Å². The third-order valence-electron chi connectivity index (χ3n) is 3.88. The first-order chi connectivity index (χ1) is 12.6. The van der Waals surface area contributed by atoms with Gasteiger partial charge in [-0.25, -0.2) is 9.97 Å². The van der Waals surface area contributed by atoms with Crippen LogP contribution >= 0.6 is 22.7 Å². The van der Waals surface area contributed by atoms with Gasteiger partial charge in [0.05, 0.1) is 22.3 Å². The number of rotatable bonds is 4. The third kappa shape index (κ3) is 3.49. The number of hydrogen-bond donors (Lipinski definition) is 1. The van der Waals surface area contributed by atoms with Gasteiger partial charge in [-0.2, -0.15) is 0 Å². The smallest absolute Gasteiger partial charge is 0.232 e. The van der Waals surface area contributed by atoms with E-state index < -0.39 is 0 Å². The van der Waals surface area contributed by atoms with E-state index in [1.165, 1.54) is 28.2 Å². The van der Waals surface area contributed by atoms with E-state index in [4.69, 9.17) is 0 Å². The lowest BCUT2D eigenvalue weighted by molar-refractivity contribution is -0.115. The Morgan fingerprint density at radius 1 is 1.23 bits per heavy atom. The number of nitrogens with zero attached hydrogens (tertiary/aromatic N) is 3. The number of benzene rings is 1. The second kappa shape index (κ2) is 6.93. The summed E-state index contributed by atoms with van der Waals surface area (Å²) in [4.78, 5) is 25.5. The molecule has 4 aromatic rings. The van der Waals surface area contributed by atoms with E-state index in [9.17, 15) is 4.79 Å². The maximum atomic E-state index is 12.4. The van der Waals surface area contributed by atoms with Crippen LogP contribution in [0.25, 0.3) is 20.8 Å². The van der Waals surface area contributed by atoms with E-state index >= 15 is 0 Å². The fourth-order valence-electron chi connectivity index (χ4n) is 2.76. The highest BCUT2D eigenvalue weighted by molar-refractivity contribution is 7.22. The van der Waals surface area contributed by atoms with Crippen LogP contribution in [0, 0.1) is 13.8 Å². The molecule has 0 aliphatic carbocycles. The Hall–Kier alpha value is -2.64. The monoisotopic (exact) mass is 380 g/mol. The van der Waals surface area contributed by atoms with Crippen molar-refractivity contribution >= 4 is 43.9 Å². The first-order valence-corrected chi connectivity index (χ1v) is 9.80. The fourth-order valence-corrected chi connectivity index (χ4v) is 4.63. The summed E-state index contributed by atoms with van der Waals surface area (Å²) < 4.78 is 1.09. The van der Waals surface area contributed by atoms with Crippen LogP contribution in [-0.4, -0.2) is 20.9 Å². The molecule has 1 amide bonds. The summed E-state index contributed by atoms with van der Waals surface area (Å²) >= 11 is 3.01. The van der Waals surface area contributed by atoms with Gasteiger partial charge in [0, 0.05) is 23.3 Å². The molecule has 5 nitrogen and oxygen atoms in total. The highest BCUT2D eigenvalue weighted by atomic mass is 32.1. The van der Waals surface area contributed by atoms with Gasteiger partial charge in [-0.15, -0.1) is 11.3 Å². The van der Waals surface area contributed by atoms with E-state index in [1.807, 2.05) is 24.4 Å². The van der Waals surface area contributed by atoms with Gasteiger partial charge in [0.25, 0.3) is 0 Å². The number of aromatic nitrogens is 3. The molecule has 1 aromatic carbocycles. The van der Waals surface area contributed by atoms with E-state index in [0.717, 1.165) is 32.0 Å². The highest BCUT2D eigenvalue weighted by Gasteiger charge is 2.12. The zero-order chi connectivity index (χ0) is 18.1. The lowest BCUT2D eigenvalue weighted by Gasteiger charge is -1.99. The molecule has 0 bridgehead atoms. The van der Waals surface area contributed by atoms with Crippen molar-refractivity contribution in [2.24, 2.45) is 0 Å². The number of carbonyl (C=O) groups excluding carboxylic acids is 1. The van der Waals surface area contributed by atoms with Crippen molar-refractivity contribution in [1.29, 1.82) is 0 Å². The van der Waals surface area contributed by atoms with Gasteiger partial charge < -0.3 is 5.32 Å². The Labute approximate surface area is 158 Å². The lowest BCUT2D eigenvalue weighted by Crippen LogP contribution is -2.14. The predicted octanol–water partition coefficient (Wildman–Crippen LogP) is 4.61. The Balaban J connectivity index is 1.48. The molecule has 3 heterocycles. The molecule has 0 aliphatic heterocycles. The predicted molar refractivity (Wildman–Crippen MR) is 107 cm³/mol. The van der Waals surface area contributed by atoms with Crippen LogP contribution in [0.3, 0.4) is 0 Å². The van der Waals surface area contributed by atoms with Crippen molar-refractivity contribution in [3.8, 4) is 10.6 Å². The summed E-state index contributed by atoms with van der Waals surface area (Å²) in [7, 11) is 0. The molecule has 0 fully saturated rings. The quantitative estimate of drug-likeness (QED) is 0.561. The van der Waals surface area contributed by atoms with Gasteiger partial charge in [-0.1, -0.05) is 17.4 Å². The molecule has 0 radical (unpaired) electrons. The molecule has 0 atom stereocenters. The maximum absolute atomic E-state index is 12.4. The van der Waals surface area contributed by atoms with Crippen LogP contribution in [-0.2, 0) is 11.2 Å². The Kier molecular flexibility index (Phi) is 4.48. The summed E-state index contributed by atoms with van der Waals surface area (Å²) in [6.45, 7) is 4.10. The van der Waals surface area contributed by atoms with Crippen LogP contribution in [0.15, 0.2) is 42.0 Å². The molecule has 4 rings (SSSR count). The first-order valence-electron chi connectivity index (χ1n) is 8.11. The van der Waals surface area contributed by atoms with Gasteiger partial charge in [0.15, 0.2) is 5.13 Å². The van der Waals surface area contributed by atoms with E-state index in [1.54, 1.807) is 12.4 Å². The van der Waals surface area contributed by atoms with E-state index in [2.05, 4.69) is 39.3 Å². The number of nitrogens with one attached hydrogen (secondary N) is 1. The van der Waals surface area contributed by atoms with Crippen LogP contribution in [0.4, 0.5) is 5.13 Å². The summed E-state index contributed by atoms with van der Waals surface area (Å²) in [5.74, 6) is -0.110. The standard InChI is InChI=1S/C19H16N4OS2/c1-11-6-12(2)17-15(7-11)26-19(23-17)22-16(24)8-14-10-25-18(21-14)13-4-3-5-20-9-13/h3-7,9-10H,8H2,1-2H3,(H,22,23,24). The fraction of sp³-hybridized carbons (Fsp3) is 0.158. The number of carbonyl (C=O) groups is 1. The minimum absolute atomic E-state index is 0.110. The number of amides is 1. The van der Waals surface area contributed by atoms with Gasteiger partial charge in [-0.05, 0) is 43.2 Å². The van der Waals surface area contributed by atoms with Crippen molar-refractivity contribution < 1.29 is 4.79 Å². The normalized spacial score (nSPS) is 11.0. The number of pyridine rings is 1. The maximum Gasteiger partial charge on any atom is 0.232 e. The number of hydrogen-bond acceptors (Lipinski definition) is 6. The number of aryl methyl sites for hydroxylation is 2. The van der Waals surface area contributed by atoms with Crippen LogP contribution in [0.2, 0.25) is 0 Å². The van der Waals surface area contributed by atoms with Gasteiger partial charge >= 0.3 is 0 Å². The Morgan fingerprint density at radius 2 is 2.12 bits per heavy atom. The Morgan fingerprint density at radius 3 is 2.92 bits per heavy atom. The zero-order valence-corrected chi connectivity index (χ0v) is 15.9. The SMILES string of the molecule is Cc1cc(C)c2nc(NC(=O)Cc3csc(-c4cccnc4)n3)sc2c1. The van der Waals surface area contributed by atoms with Crippen LogP contribution in [0.1, 0.15) is 16.8 Å². The molecule has 0 saturated carbocycles. The molecular formula is C19H16N4OS2. The van der Waals surface area contributed by atoms with Crippen molar-refractivity contribution in [1.82, 2.24) is 15.0 Å². The molecule has 130 valence electrons. The van der Waals surface area contributed by atoms with Gasteiger partial charge in [-0.3, -0.25) is 9.78 Å². The zero-order valence-electron chi connectivity index (χ0n) is 14.3. The third-order valence-corrected chi connectivity index (χ3v) is 5.74. The molecule has 1 N–H and O–H groups in total. The molecule has 0 spiro atoms.